The highest BCUT2D eigenvalue weighted by atomic mass is 35.5. The summed E-state index contributed by atoms with van der Waals surface area (Å²) >= 11 is 5.88. The normalized spacial score (nSPS) is 19.7. The molecule has 0 aliphatic carbocycles. The molecule has 1 N–H and O–H groups in total. The molecule has 1 fully saturated rings. The largest absolute Gasteiger partial charge is 0.405 e. The van der Waals surface area contributed by atoms with Crippen LogP contribution in [-0.4, -0.2) is 28.7 Å². The first kappa shape index (κ1) is 18.1. The van der Waals surface area contributed by atoms with Crippen LogP contribution < -0.4 is 5.43 Å². The van der Waals surface area contributed by atoms with Crippen LogP contribution in [0.5, 0.6) is 0 Å². The van der Waals surface area contributed by atoms with E-state index in [-0.39, 0.29) is 18.7 Å². The predicted octanol–water partition coefficient (Wildman–Crippen LogP) is 4.11. The lowest BCUT2D eigenvalue weighted by Crippen LogP contribution is -2.56. The molecule has 0 radical (unpaired) electrons. The Morgan fingerprint density at radius 1 is 1.39 bits per heavy atom. The Morgan fingerprint density at radius 2 is 2.09 bits per heavy atom. The number of amides is 1. The van der Waals surface area contributed by atoms with E-state index in [9.17, 15) is 18.0 Å². The molecule has 0 bridgehead atoms. The number of benzene rings is 1. The first-order valence-corrected chi connectivity index (χ1v) is 7.87. The van der Waals surface area contributed by atoms with Gasteiger partial charge in [-0.15, -0.1) is 0 Å². The van der Waals surface area contributed by atoms with Gasteiger partial charge in [-0.25, -0.2) is 5.01 Å². The molecule has 1 aliphatic rings. The number of nitrogens with one attached hydrogen (secondary N) is 1. The van der Waals surface area contributed by atoms with Crippen LogP contribution in [0.15, 0.2) is 24.3 Å². The van der Waals surface area contributed by atoms with Gasteiger partial charge in [0.05, 0.1) is 0 Å². The maximum Gasteiger partial charge on any atom is 0.405 e. The lowest BCUT2D eigenvalue weighted by Gasteiger charge is -2.37. The van der Waals surface area contributed by atoms with E-state index in [2.05, 4.69) is 5.43 Å². The van der Waals surface area contributed by atoms with Crippen LogP contribution in [-0.2, 0) is 11.2 Å². The fourth-order valence-electron chi connectivity index (χ4n) is 2.93. The summed E-state index contributed by atoms with van der Waals surface area (Å²) in [4.78, 5) is 11.5. The van der Waals surface area contributed by atoms with Crippen molar-refractivity contribution in [2.24, 2.45) is 0 Å². The van der Waals surface area contributed by atoms with Gasteiger partial charge in [0, 0.05) is 17.0 Å². The van der Waals surface area contributed by atoms with Crippen molar-refractivity contribution in [1.29, 1.82) is 0 Å². The molecule has 3 nitrogen and oxygen atoms in total. The molecule has 1 saturated heterocycles. The lowest BCUT2D eigenvalue weighted by atomic mass is 9.97. The third kappa shape index (κ3) is 4.61. The maximum atomic E-state index is 13.4. The molecule has 1 aromatic rings. The van der Waals surface area contributed by atoms with Gasteiger partial charge in [0.2, 0.25) is 5.91 Å². The van der Waals surface area contributed by atoms with Gasteiger partial charge in [0.1, 0.15) is 6.04 Å². The van der Waals surface area contributed by atoms with Crippen molar-refractivity contribution in [3.8, 4) is 0 Å². The minimum atomic E-state index is -4.40. The highest BCUT2D eigenvalue weighted by Crippen LogP contribution is 2.35. The van der Waals surface area contributed by atoms with E-state index in [0.717, 1.165) is 10.6 Å². The molecule has 0 spiro atoms. The number of hydrazine groups is 1. The number of carbonyl (C=O) groups excluding carboxylic acids is 1. The van der Waals surface area contributed by atoms with Gasteiger partial charge in [0.15, 0.2) is 0 Å². The Labute approximate surface area is 138 Å². The molecule has 23 heavy (non-hydrogen) atoms. The standard InChI is InChI=1S/C16H20ClF3N2O/c1-15(2)10-14(23)21-22(15)13(16(18,19)20)8-4-6-11-5-3-7-12(17)9-11/h3,5,7,9,13H,4,6,8,10H2,1-2H3,(H,21,23)/t13-/m0/s1. The molecule has 1 heterocycles. The monoisotopic (exact) mass is 348 g/mol. The number of hydrogen-bond donors (Lipinski definition) is 1. The summed E-state index contributed by atoms with van der Waals surface area (Å²) in [5.41, 5.74) is 2.41. The zero-order valence-electron chi connectivity index (χ0n) is 13.1. The molecule has 0 aromatic heterocycles. The van der Waals surface area contributed by atoms with E-state index in [1.165, 1.54) is 0 Å². The van der Waals surface area contributed by atoms with Crippen molar-refractivity contribution >= 4 is 17.5 Å². The summed E-state index contributed by atoms with van der Waals surface area (Å²) in [6.45, 7) is 3.28. The Bertz CT molecular complexity index is 575. The summed E-state index contributed by atoms with van der Waals surface area (Å²) in [5.74, 6) is -0.376. The minimum Gasteiger partial charge on any atom is -0.288 e. The highest BCUT2D eigenvalue weighted by Gasteiger charge is 2.51. The average Bonchev–Trinajstić information content (AvgIpc) is 2.66. The third-order valence-electron chi connectivity index (χ3n) is 4.01. The second-order valence-corrected chi connectivity index (χ2v) is 6.91. The summed E-state index contributed by atoms with van der Waals surface area (Å²) in [6, 6.07) is 5.42. The number of alkyl halides is 3. The number of carbonyl (C=O) groups is 1. The van der Waals surface area contributed by atoms with Gasteiger partial charge >= 0.3 is 6.18 Å². The van der Waals surface area contributed by atoms with Crippen LogP contribution in [0, 0.1) is 0 Å². The number of rotatable bonds is 5. The molecule has 128 valence electrons. The van der Waals surface area contributed by atoms with Gasteiger partial charge in [-0.1, -0.05) is 23.7 Å². The molecule has 0 saturated carbocycles. The lowest BCUT2D eigenvalue weighted by molar-refractivity contribution is -0.202. The third-order valence-corrected chi connectivity index (χ3v) is 4.25. The van der Waals surface area contributed by atoms with E-state index in [0.29, 0.717) is 17.9 Å². The second-order valence-electron chi connectivity index (χ2n) is 6.47. The Kier molecular flexibility index (Phi) is 5.26. The van der Waals surface area contributed by atoms with Gasteiger partial charge in [0.25, 0.3) is 0 Å². The van der Waals surface area contributed by atoms with Crippen LogP contribution in [0.25, 0.3) is 0 Å². The quantitative estimate of drug-likeness (QED) is 0.868. The van der Waals surface area contributed by atoms with E-state index >= 15 is 0 Å². The van der Waals surface area contributed by atoms with E-state index in [4.69, 9.17) is 11.6 Å². The van der Waals surface area contributed by atoms with Crippen LogP contribution in [0.4, 0.5) is 13.2 Å². The Hall–Kier alpha value is -1.27. The first-order valence-electron chi connectivity index (χ1n) is 7.49. The summed E-state index contributed by atoms with van der Waals surface area (Å²) < 4.78 is 40.3. The molecule has 2 rings (SSSR count). The molecular formula is C16H20ClF3N2O. The van der Waals surface area contributed by atoms with Crippen LogP contribution in [0.2, 0.25) is 5.02 Å². The summed E-state index contributed by atoms with van der Waals surface area (Å²) in [7, 11) is 0. The predicted molar refractivity (Wildman–Crippen MR) is 82.9 cm³/mol. The van der Waals surface area contributed by atoms with Gasteiger partial charge in [-0.05, 0) is 50.8 Å². The average molecular weight is 349 g/mol. The smallest absolute Gasteiger partial charge is 0.288 e. The topological polar surface area (TPSA) is 32.3 Å². The highest BCUT2D eigenvalue weighted by molar-refractivity contribution is 6.30. The van der Waals surface area contributed by atoms with Crippen molar-refractivity contribution < 1.29 is 18.0 Å². The number of halogens is 4. The van der Waals surface area contributed by atoms with Crippen molar-refractivity contribution in [2.45, 2.75) is 57.3 Å². The summed E-state index contributed by atoms with van der Waals surface area (Å²) in [6.07, 6.45) is -3.56. The molecule has 7 heteroatoms. The molecular weight excluding hydrogens is 329 g/mol. The second kappa shape index (κ2) is 6.69. The molecule has 0 unspecified atom stereocenters. The minimum absolute atomic E-state index is 0.0634. The fraction of sp³-hybridized carbons (Fsp3) is 0.562. The van der Waals surface area contributed by atoms with Crippen molar-refractivity contribution in [1.82, 2.24) is 10.4 Å². The fourth-order valence-corrected chi connectivity index (χ4v) is 3.15. The number of aryl methyl sites for hydroxylation is 1. The van der Waals surface area contributed by atoms with Gasteiger partial charge < -0.3 is 0 Å². The van der Waals surface area contributed by atoms with E-state index < -0.39 is 17.8 Å². The van der Waals surface area contributed by atoms with E-state index in [1.807, 2.05) is 6.07 Å². The van der Waals surface area contributed by atoms with E-state index in [1.54, 1.807) is 32.0 Å². The Balaban J connectivity index is 2.04. The van der Waals surface area contributed by atoms with Crippen LogP contribution in [0.1, 0.15) is 38.7 Å². The molecule has 1 atom stereocenters. The zero-order chi connectivity index (χ0) is 17.3. The Morgan fingerprint density at radius 3 is 2.61 bits per heavy atom. The van der Waals surface area contributed by atoms with Crippen LogP contribution >= 0.6 is 11.6 Å². The number of hydrogen-bond acceptors (Lipinski definition) is 2. The SMILES string of the molecule is CC1(C)CC(=O)NN1[C@@H](CCCc1cccc(Cl)c1)C(F)(F)F. The molecule has 1 aromatic carbocycles. The van der Waals surface area contributed by atoms with Crippen molar-refractivity contribution in [3.63, 3.8) is 0 Å². The van der Waals surface area contributed by atoms with Crippen molar-refractivity contribution in [3.05, 3.63) is 34.9 Å². The van der Waals surface area contributed by atoms with Gasteiger partial charge in [-0.2, -0.15) is 13.2 Å². The maximum absolute atomic E-state index is 13.4. The zero-order valence-corrected chi connectivity index (χ0v) is 13.8. The number of nitrogens with zero attached hydrogens (tertiary/aromatic N) is 1. The van der Waals surface area contributed by atoms with Gasteiger partial charge in [-0.3, -0.25) is 10.2 Å². The first-order chi connectivity index (χ1) is 10.6. The molecule has 1 aliphatic heterocycles. The van der Waals surface area contributed by atoms with Crippen LogP contribution in [0.3, 0.4) is 0 Å². The summed E-state index contributed by atoms with van der Waals surface area (Å²) in [5, 5.41) is 1.63. The van der Waals surface area contributed by atoms with Crippen molar-refractivity contribution in [2.75, 3.05) is 0 Å². The molecule has 1 amide bonds.